The zero-order chi connectivity index (χ0) is 23.6. The summed E-state index contributed by atoms with van der Waals surface area (Å²) in [6.45, 7) is 5.29. The van der Waals surface area contributed by atoms with Gasteiger partial charge >= 0.3 is 0 Å². The minimum Gasteiger partial charge on any atom is -0.376 e. The van der Waals surface area contributed by atoms with Crippen LogP contribution in [0.25, 0.3) is 0 Å². The molecule has 2 aromatic rings. The number of amides is 3. The van der Waals surface area contributed by atoms with E-state index in [-0.39, 0.29) is 30.4 Å². The molecule has 0 saturated carbocycles. The third-order valence-corrected chi connectivity index (χ3v) is 5.14. The Kier molecular flexibility index (Phi) is 8.83. The molecule has 8 nitrogen and oxygen atoms in total. The second-order valence-electron chi connectivity index (χ2n) is 8.55. The smallest absolute Gasteiger partial charge is 0.251 e. The fourth-order valence-electron chi connectivity index (χ4n) is 3.49. The SMILES string of the molecule is CC(C)CC(=O)Nc1ccc(NCC(=O)Nc2cccc(C(=O)NCC3CCCO3)c2)cc1. The van der Waals surface area contributed by atoms with E-state index in [1.807, 2.05) is 13.8 Å². The van der Waals surface area contributed by atoms with Crippen LogP contribution in [0.2, 0.25) is 0 Å². The predicted molar refractivity (Wildman–Crippen MR) is 129 cm³/mol. The highest BCUT2D eigenvalue weighted by Crippen LogP contribution is 2.15. The van der Waals surface area contributed by atoms with Gasteiger partial charge < -0.3 is 26.0 Å². The van der Waals surface area contributed by atoms with Crippen LogP contribution in [0.4, 0.5) is 17.1 Å². The van der Waals surface area contributed by atoms with Crippen molar-refractivity contribution in [2.24, 2.45) is 5.92 Å². The topological polar surface area (TPSA) is 109 Å². The molecule has 1 saturated heterocycles. The van der Waals surface area contributed by atoms with E-state index in [1.54, 1.807) is 48.5 Å². The molecule has 3 rings (SSSR count). The zero-order valence-electron chi connectivity index (χ0n) is 19.1. The van der Waals surface area contributed by atoms with E-state index in [4.69, 9.17) is 4.74 Å². The van der Waals surface area contributed by atoms with Crippen LogP contribution in [0, 0.1) is 5.92 Å². The van der Waals surface area contributed by atoms with Gasteiger partial charge in [-0.05, 0) is 61.2 Å². The lowest BCUT2D eigenvalue weighted by Gasteiger charge is -2.12. The van der Waals surface area contributed by atoms with Gasteiger partial charge in [0.25, 0.3) is 5.91 Å². The fourth-order valence-corrected chi connectivity index (χ4v) is 3.49. The fraction of sp³-hybridized carbons (Fsp3) is 0.400. The summed E-state index contributed by atoms with van der Waals surface area (Å²) >= 11 is 0. The average molecular weight is 453 g/mol. The maximum Gasteiger partial charge on any atom is 0.251 e. The molecule has 0 aliphatic carbocycles. The minimum absolute atomic E-state index is 0.0205. The van der Waals surface area contributed by atoms with E-state index >= 15 is 0 Å². The molecule has 0 bridgehead atoms. The molecule has 2 aromatic carbocycles. The average Bonchev–Trinajstić information content (AvgIpc) is 3.30. The second kappa shape index (κ2) is 12.0. The third kappa shape index (κ3) is 8.23. The first-order chi connectivity index (χ1) is 15.9. The molecule has 0 radical (unpaired) electrons. The molecule has 4 N–H and O–H groups in total. The minimum atomic E-state index is -0.235. The van der Waals surface area contributed by atoms with Gasteiger partial charge in [-0.3, -0.25) is 14.4 Å². The van der Waals surface area contributed by atoms with Gasteiger partial charge in [-0.1, -0.05) is 19.9 Å². The third-order valence-electron chi connectivity index (χ3n) is 5.14. The van der Waals surface area contributed by atoms with Crippen molar-refractivity contribution in [2.75, 3.05) is 35.6 Å². The van der Waals surface area contributed by atoms with E-state index in [2.05, 4.69) is 21.3 Å². The lowest BCUT2D eigenvalue weighted by Crippen LogP contribution is -2.31. The van der Waals surface area contributed by atoms with E-state index in [1.165, 1.54) is 0 Å². The van der Waals surface area contributed by atoms with Crippen LogP contribution in [-0.4, -0.2) is 43.5 Å². The van der Waals surface area contributed by atoms with E-state index in [0.29, 0.717) is 35.8 Å². The van der Waals surface area contributed by atoms with Crippen molar-refractivity contribution in [3.8, 4) is 0 Å². The second-order valence-corrected chi connectivity index (χ2v) is 8.55. The molecule has 0 spiro atoms. The number of carbonyl (C=O) groups is 3. The van der Waals surface area contributed by atoms with Crippen molar-refractivity contribution in [1.82, 2.24) is 5.32 Å². The van der Waals surface area contributed by atoms with Crippen LogP contribution in [0.5, 0.6) is 0 Å². The molecule has 1 heterocycles. The quantitative estimate of drug-likeness (QED) is 0.440. The van der Waals surface area contributed by atoms with Crippen molar-refractivity contribution in [3.63, 3.8) is 0 Å². The number of rotatable bonds is 10. The lowest BCUT2D eigenvalue weighted by molar-refractivity contribution is -0.117. The monoisotopic (exact) mass is 452 g/mol. The Morgan fingerprint density at radius 1 is 0.970 bits per heavy atom. The zero-order valence-corrected chi connectivity index (χ0v) is 19.1. The summed E-state index contributed by atoms with van der Waals surface area (Å²) in [5.74, 6) is -0.152. The van der Waals surface area contributed by atoms with Crippen molar-refractivity contribution in [2.45, 2.75) is 39.2 Å². The number of carbonyl (C=O) groups excluding carboxylic acids is 3. The molecular formula is C25H32N4O4. The van der Waals surface area contributed by atoms with Crippen molar-refractivity contribution in [3.05, 3.63) is 54.1 Å². The molecular weight excluding hydrogens is 420 g/mol. The summed E-state index contributed by atoms with van der Waals surface area (Å²) in [6.07, 6.45) is 2.53. The molecule has 8 heteroatoms. The molecule has 3 amide bonds. The number of benzene rings is 2. The molecule has 176 valence electrons. The van der Waals surface area contributed by atoms with E-state index in [0.717, 1.165) is 25.1 Å². The van der Waals surface area contributed by atoms with Gasteiger partial charge in [0.15, 0.2) is 0 Å². The van der Waals surface area contributed by atoms with Crippen LogP contribution < -0.4 is 21.3 Å². The van der Waals surface area contributed by atoms with Crippen molar-refractivity contribution >= 4 is 34.8 Å². The highest BCUT2D eigenvalue weighted by atomic mass is 16.5. The Hall–Kier alpha value is -3.39. The highest BCUT2D eigenvalue weighted by Gasteiger charge is 2.17. The first-order valence-corrected chi connectivity index (χ1v) is 11.3. The first kappa shape index (κ1) is 24.3. The van der Waals surface area contributed by atoms with Crippen LogP contribution in [-0.2, 0) is 14.3 Å². The number of nitrogens with one attached hydrogen (secondary N) is 4. The molecule has 1 unspecified atom stereocenters. The highest BCUT2D eigenvalue weighted by molar-refractivity contribution is 5.98. The molecule has 1 aliphatic heterocycles. The summed E-state index contributed by atoms with van der Waals surface area (Å²) in [4.78, 5) is 36.6. The molecule has 0 aromatic heterocycles. The lowest BCUT2D eigenvalue weighted by atomic mass is 10.1. The molecule has 1 aliphatic rings. The maximum absolute atomic E-state index is 12.4. The first-order valence-electron chi connectivity index (χ1n) is 11.3. The Morgan fingerprint density at radius 3 is 2.39 bits per heavy atom. The molecule has 33 heavy (non-hydrogen) atoms. The van der Waals surface area contributed by atoms with Gasteiger partial charge in [-0.2, -0.15) is 0 Å². The van der Waals surface area contributed by atoms with Gasteiger partial charge in [0, 0.05) is 42.2 Å². The van der Waals surface area contributed by atoms with Crippen molar-refractivity contribution < 1.29 is 19.1 Å². The standard InChI is InChI=1S/C25H32N4O4/c1-17(2)13-23(30)28-20-10-8-19(9-11-20)26-16-24(31)29-21-6-3-5-18(14-21)25(32)27-15-22-7-4-12-33-22/h3,5-6,8-11,14,17,22,26H,4,7,12-13,15-16H2,1-2H3,(H,27,32)(H,28,30)(H,29,31). The summed E-state index contributed by atoms with van der Waals surface area (Å²) in [5.41, 5.74) is 2.50. The Bertz CT molecular complexity index is 953. The van der Waals surface area contributed by atoms with Crippen LogP contribution >= 0.6 is 0 Å². The largest absolute Gasteiger partial charge is 0.376 e. The van der Waals surface area contributed by atoms with Gasteiger partial charge in [0.1, 0.15) is 0 Å². The van der Waals surface area contributed by atoms with Crippen LogP contribution in [0.15, 0.2) is 48.5 Å². The Balaban J connectivity index is 1.44. The molecule has 1 fully saturated rings. The Labute approximate surface area is 194 Å². The van der Waals surface area contributed by atoms with Gasteiger partial charge in [-0.15, -0.1) is 0 Å². The van der Waals surface area contributed by atoms with E-state index in [9.17, 15) is 14.4 Å². The molecule has 1 atom stereocenters. The van der Waals surface area contributed by atoms with Crippen molar-refractivity contribution in [1.29, 1.82) is 0 Å². The van der Waals surface area contributed by atoms with E-state index < -0.39 is 0 Å². The van der Waals surface area contributed by atoms with Gasteiger partial charge in [-0.25, -0.2) is 0 Å². The summed E-state index contributed by atoms with van der Waals surface area (Å²) in [6, 6.07) is 14.0. The van der Waals surface area contributed by atoms with Gasteiger partial charge in [0.05, 0.1) is 12.6 Å². The number of hydrogen-bond acceptors (Lipinski definition) is 5. The summed E-state index contributed by atoms with van der Waals surface area (Å²) < 4.78 is 5.52. The number of anilines is 3. The van der Waals surface area contributed by atoms with Crippen LogP contribution in [0.1, 0.15) is 43.5 Å². The number of ether oxygens (including phenoxy) is 1. The van der Waals surface area contributed by atoms with Crippen LogP contribution in [0.3, 0.4) is 0 Å². The summed E-state index contributed by atoms with van der Waals surface area (Å²) in [5, 5.41) is 11.6. The predicted octanol–water partition coefficient (Wildman–Crippen LogP) is 3.63. The van der Waals surface area contributed by atoms with Gasteiger partial charge in [0.2, 0.25) is 11.8 Å². The normalized spacial score (nSPS) is 15.2. The Morgan fingerprint density at radius 2 is 1.70 bits per heavy atom. The summed E-state index contributed by atoms with van der Waals surface area (Å²) in [7, 11) is 0. The number of hydrogen-bond donors (Lipinski definition) is 4. The maximum atomic E-state index is 12.4.